The number of carbonyl (C=O) groups is 2. The minimum Gasteiger partial charge on any atom is -0.371 e. The highest BCUT2D eigenvalue weighted by atomic mass is 16.3. The van der Waals surface area contributed by atoms with Crippen LogP contribution in [-0.4, -0.2) is 76.2 Å². The van der Waals surface area contributed by atoms with Crippen LogP contribution in [-0.2, 0) is 11.3 Å². The summed E-state index contributed by atoms with van der Waals surface area (Å²) < 4.78 is 1.68. The SMILES string of the molecule is CN(C)CC[C@@](O)(C#Cc1cccc(-n2nc(C(N)=O)c3cc(CN4CCCC4)ccc32)c1)C=O. The number of aromatic nitrogens is 2. The number of aldehydes is 1. The first-order valence-corrected chi connectivity index (χ1v) is 11.8. The van der Waals surface area contributed by atoms with E-state index in [1.165, 1.54) is 12.8 Å². The summed E-state index contributed by atoms with van der Waals surface area (Å²) in [5.41, 5.74) is 7.36. The van der Waals surface area contributed by atoms with Gasteiger partial charge in [-0.25, -0.2) is 4.68 Å². The first kappa shape index (κ1) is 24.6. The molecule has 2 aromatic carbocycles. The lowest BCUT2D eigenvalue weighted by molar-refractivity contribution is -0.119. The summed E-state index contributed by atoms with van der Waals surface area (Å²) in [4.78, 5) is 27.9. The topological polar surface area (TPSA) is 105 Å². The molecule has 35 heavy (non-hydrogen) atoms. The van der Waals surface area contributed by atoms with Crippen molar-refractivity contribution in [2.75, 3.05) is 33.7 Å². The van der Waals surface area contributed by atoms with Crippen molar-refractivity contribution in [1.29, 1.82) is 0 Å². The van der Waals surface area contributed by atoms with Gasteiger partial charge in [0.1, 0.15) is 0 Å². The quantitative estimate of drug-likeness (QED) is 0.383. The minimum absolute atomic E-state index is 0.210. The van der Waals surface area contributed by atoms with Gasteiger partial charge in [0, 0.05) is 30.5 Å². The molecule has 182 valence electrons. The van der Waals surface area contributed by atoms with Crippen LogP contribution in [0.4, 0.5) is 0 Å². The minimum atomic E-state index is -1.72. The maximum Gasteiger partial charge on any atom is 0.269 e. The Morgan fingerprint density at radius 1 is 1.23 bits per heavy atom. The largest absolute Gasteiger partial charge is 0.371 e. The lowest BCUT2D eigenvalue weighted by Gasteiger charge is -2.17. The lowest BCUT2D eigenvalue weighted by atomic mass is 10.0. The van der Waals surface area contributed by atoms with Crippen LogP contribution < -0.4 is 5.73 Å². The molecule has 1 atom stereocenters. The Morgan fingerprint density at radius 3 is 2.69 bits per heavy atom. The summed E-state index contributed by atoms with van der Waals surface area (Å²) in [5, 5.41) is 15.7. The van der Waals surface area contributed by atoms with E-state index in [9.17, 15) is 14.7 Å². The van der Waals surface area contributed by atoms with Crippen LogP contribution in [0.3, 0.4) is 0 Å². The van der Waals surface area contributed by atoms with Gasteiger partial charge in [-0.15, -0.1) is 0 Å². The number of amides is 1. The molecule has 1 aliphatic heterocycles. The maximum atomic E-state index is 12.2. The molecule has 0 unspecified atom stereocenters. The van der Waals surface area contributed by atoms with E-state index in [2.05, 4.69) is 27.9 Å². The predicted molar refractivity (Wildman–Crippen MR) is 135 cm³/mol. The third-order valence-electron chi connectivity index (χ3n) is 6.23. The molecule has 0 bridgehead atoms. The molecule has 8 nitrogen and oxygen atoms in total. The summed E-state index contributed by atoms with van der Waals surface area (Å²) in [6.45, 7) is 3.53. The third kappa shape index (κ3) is 5.77. The maximum absolute atomic E-state index is 12.2. The van der Waals surface area contributed by atoms with Crippen molar-refractivity contribution in [2.24, 2.45) is 5.73 Å². The number of carbonyl (C=O) groups excluding carboxylic acids is 2. The van der Waals surface area contributed by atoms with Crippen LogP contribution in [0.25, 0.3) is 16.6 Å². The van der Waals surface area contributed by atoms with E-state index in [0.29, 0.717) is 29.5 Å². The monoisotopic (exact) mass is 473 g/mol. The standard InChI is InChI=1S/C27H31N5O3/c1-30(2)15-12-27(35,19-33)11-10-20-6-5-7-22(16-20)32-24-9-8-21(18-31-13-3-4-14-31)17-23(24)25(29-32)26(28)34/h5-9,16-17,19,35H,3-4,12-15,18H2,1-2H3,(H2,28,34)/t27-/m0/s1. The van der Waals surface area contributed by atoms with Gasteiger partial charge in [-0.05, 0) is 75.9 Å². The summed E-state index contributed by atoms with van der Waals surface area (Å²) in [7, 11) is 3.73. The smallest absolute Gasteiger partial charge is 0.269 e. The van der Waals surface area contributed by atoms with Crippen molar-refractivity contribution in [2.45, 2.75) is 31.4 Å². The highest BCUT2D eigenvalue weighted by Gasteiger charge is 2.23. The predicted octanol–water partition coefficient (Wildman–Crippen LogP) is 1.95. The fourth-order valence-corrected chi connectivity index (χ4v) is 4.28. The van der Waals surface area contributed by atoms with Crippen molar-refractivity contribution >= 4 is 23.1 Å². The average Bonchev–Trinajstić information content (AvgIpc) is 3.49. The van der Waals surface area contributed by atoms with E-state index in [1.807, 2.05) is 43.3 Å². The molecule has 2 heterocycles. The number of nitrogens with zero attached hydrogens (tertiary/aromatic N) is 4. The Morgan fingerprint density at radius 2 is 2.00 bits per heavy atom. The number of aliphatic hydroxyl groups is 1. The zero-order valence-electron chi connectivity index (χ0n) is 20.2. The van der Waals surface area contributed by atoms with Crippen molar-refractivity contribution in [3.8, 4) is 17.5 Å². The summed E-state index contributed by atoms with van der Waals surface area (Å²) in [6.07, 6.45) is 3.12. The van der Waals surface area contributed by atoms with Gasteiger partial charge in [-0.1, -0.05) is 24.0 Å². The van der Waals surface area contributed by atoms with E-state index in [0.717, 1.165) is 30.7 Å². The zero-order chi connectivity index (χ0) is 25.0. The average molecular weight is 474 g/mol. The van der Waals surface area contributed by atoms with Crippen LogP contribution in [0.2, 0.25) is 0 Å². The number of nitrogens with two attached hydrogens (primary N) is 1. The Bertz CT molecular complexity index is 1300. The van der Waals surface area contributed by atoms with Crippen molar-refractivity contribution in [3.63, 3.8) is 0 Å². The van der Waals surface area contributed by atoms with E-state index < -0.39 is 11.5 Å². The van der Waals surface area contributed by atoms with Gasteiger partial charge in [0.25, 0.3) is 5.91 Å². The molecular formula is C27H31N5O3. The van der Waals surface area contributed by atoms with E-state index in [-0.39, 0.29) is 12.1 Å². The highest BCUT2D eigenvalue weighted by Crippen LogP contribution is 2.25. The molecule has 0 aliphatic carbocycles. The number of primary amides is 1. The molecule has 1 aromatic heterocycles. The van der Waals surface area contributed by atoms with Crippen molar-refractivity contribution in [1.82, 2.24) is 19.6 Å². The molecule has 3 N–H and O–H groups in total. The second-order valence-corrected chi connectivity index (χ2v) is 9.36. The molecule has 1 aliphatic rings. The van der Waals surface area contributed by atoms with E-state index >= 15 is 0 Å². The van der Waals surface area contributed by atoms with Gasteiger partial charge >= 0.3 is 0 Å². The van der Waals surface area contributed by atoms with Crippen LogP contribution in [0, 0.1) is 11.8 Å². The van der Waals surface area contributed by atoms with Gasteiger partial charge in [0.2, 0.25) is 0 Å². The molecule has 4 rings (SSSR count). The summed E-state index contributed by atoms with van der Waals surface area (Å²) >= 11 is 0. The normalized spacial score (nSPS) is 15.7. The number of fused-ring (bicyclic) bond motifs is 1. The van der Waals surface area contributed by atoms with Gasteiger partial charge in [-0.2, -0.15) is 5.10 Å². The zero-order valence-corrected chi connectivity index (χ0v) is 20.2. The Balaban J connectivity index is 1.67. The highest BCUT2D eigenvalue weighted by molar-refractivity contribution is 6.04. The van der Waals surface area contributed by atoms with Crippen LogP contribution >= 0.6 is 0 Å². The Labute approximate surface area is 205 Å². The number of likely N-dealkylation sites (tertiary alicyclic amines) is 1. The summed E-state index contributed by atoms with van der Waals surface area (Å²) in [5.74, 6) is 5.03. The van der Waals surface area contributed by atoms with E-state index in [4.69, 9.17) is 5.73 Å². The second kappa shape index (κ2) is 10.4. The van der Waals surface area contributed by atoms with Gasteiger partial charge in [0.15, 0.2) is 17.6 Å². The molecule has 8 heteroatoms. The van der Waals surface area contributed by atoms with Crippen molar-refractivity contribution in [3.05, 3.63) is 59.3 Å². The second-order valence-electron chi connectivity index (χ2n) is 9.36. The number of hydrogen-bond acceptors (Lipinski definition) is 6. The molecule has 3 aromatic rings. The van der Waals surface area contributed by atoms with Crippen LogP contribution in [0.15, 0.2) is 42.5 Å². The number of hydrogen-bond donors (Lipinski definition) is 2. The molecule has 0 radical (unpaired) electrons. The van der Waals surface area contributed by atoms with E-state index in [1.54, 1.807) is 16.8 Å². The number of rotatable bonds is 8. The molecular weight excluding hydrogens is 442 g/mol. The molecule has 1 amide bonds. The molecule has 0 spiro atoms. The Hall–Kier alpha value is -3.51. The first-order valence-electron chi connectivity index (χ1n) is 11.8. The molecule has 1 saturated heterocycles. The lowest BCUT2D eigenvalue weighted by Crippen LogP contribution is -2.33. The van der Waals surface area contributed by atoms with Gasteiger partial charge < -0.3 is 15.7 Å². The Kier molecular flexibility index (Phi) is 7.31. The van der Waals surface area contributed by atoms with Crippen LogP contribution in [0.5, 0.6) is 0 Å². The fraction of sp³-hybridized carbons (Fsp3) is 0.370. The van der Waals surface area contributed by atoms with Crippen molar-refractivity contribution < 1.29 is 14.7 Å². The fourth-order valence-electron chi connectivity index (χ4n) is 4.28. The number of benzene rings is 2. The molecule has 0 saturated carbocycles. The third-order valence-corrected chi connectivity index (χ3v) is 6.23. The van der Waals surface area contributed by atoms with Gasteiger partial charge in [0.05, 0.1) is 11.2 Å². The molecule has 1 fully saturated rings. The summed E-state index contributed by atoms with van der Waals surface area (Å²) in [6, 6.07) is 13.3. The van der Waals surface area contributed by atoms with Gasteiger partial charge in [-0.3, -0.25) is 14.5 Å². The first-order chi connectivity index (χ1) is 16.8. The van der Waals surface area contributed by atoms with Crippen LogP contribution in [0.1, 0.15) is 40.9 Å².